The number of nitrogens with one attached hydrogen (secondary N) is 1. The van der Waals surface area contributed by atoms with Crippen molar-refractivity contribution in [3.05, 3.63) is 59.5 Å². The van der Waals surface area contributed by atoms with E-state index in [1.54, 1.807) is 17.0 Å². The molecule has 1 aliphatic heterocycles. The largest absolute Gasteiger partial charge is 0.459 e. The number of nitrogens with zero attached hydrogens (tertiary/aromatic N) is 1. The summed E-state index contributed by atoms with van der Waals surface area (Å²) in [4.78, 5) is 26.8. The quantitative estimate of drug-likeness (QED) is 0.943. The molecule has 5 nitrogen and oxygen atoms in total. The Balaban J connectivity index is 1.89. The maximum Gasteiger partial charge on any atom is 0.290 e. The molecule has 0 unspecified atom stereocenters. The van der Waals surface area contributed by atoms with Crippen LogP contribution in [0.3, 0.4) is 0 Å². The van der Waals surface area contributed by atoms with Crippen molar-refractivity contribution in [2.75, 3.05) is 6.54 Å². The fourth-order valence-electron chi connectivity index (χ4n) is 2.88. The van der Waals surface area contributed by atoms with Gasteiger partial charge >= 0.3 is 0 Å². The topological polar surface area (TPSA) is 62.6 Å². The van der Waals surface area contributed by atoms with Gasteiger partial charge in [-0.3, -0.25) is 9.59 Å². The highest BCUT2D eigenvalue weighted by Gasteiger charge is 2.35. The van der Waals surface area contributed by atoms with Crippen LogP contribution in [0.5, 0.6) is 0 Å². The lowest BCUT2D eigenvalue weighted by Gasteiger charge is -2.35. The summed E-state index contributed by atoms with van der Waals surface area (Å²) < 4.78 is 5.22. The van der Waals surface area contributed by atoms with Crippen molar-refractivity contribution in [1.82, 2.24) is 10.2 Å². The second-order valence-electron chi connectivity index (χ2n) is 5.69. The summed E-state index contributed by atoms with van der Waals surface area (Å²) in [5.41, 5.74) is 2.19. The van der Waals surface area contributed by atoms with Crippen molar-refractivity contribution in [1.29, 1.82) is 0 Å². The smallest absolute Gasteiger partial charge is 0.290 e. The van der Waals surface area contributed by atoms with Crippen LogP contribution in [-0.4, -0.2) is 29.3 Å². The van der Waals surface area contributed by atoms with Gasteiger partial charge in [-0.05, 0) is 29.7 Å². The van der Waals surface area contributed by atoms with Gasteiger partial charge < -0.3 is 14.6 Å². The van der Waals surface area contributed by atoms with Gasteiger partial charge in [0.2, 0.25) is 5.91 Å². The fourth-order valence-corrected chi connectivity index (χ4v) is 2.88. The number of hydrogen-bond donors (Lipinski definition) is 1. The van der Waals surface area contributed by atoms with Crippen LogP contribution in [0.2, 0.25) is 0 Å². The number of furan rings is 1. The molecule has 0 bridgehead atoms. The Morgan fingerprint density at radius 3 is 2.70 bits per heavy atom. The van der Waals surface area contributed by atoms with Crippen molar-refractivity contribution in [3.8, 4) is 0 Å². The predicted octanol–water partition coefficient (Wildman–Crippen LogP) is 2.37. The predicted molar refractivity (Wildman–Crippen MR) is 85.8 cm³/mol. The van der Waals surface area contributed by atoms with Gasteiger partial charge in [0.15, 0.2) is 5.76 Å². The highest BCUT2D eigenvalue weighted by molar-refractivity contribution is 5.96. The number of amides is 2. The SMILES string of the molecule is CCCNC(=O)[C@H]1Cc2ccccc2CN1C(=O)c1ccco1. The Kier molecular flexibility index (Phi) is 4.46. The molecule has 1 aliphatic rings. The van der Waals surface area contributed by atoms with Gasteiger partial charge in [0, 0.05) is 19.5 Å². The van der Waals surface area contributed by atoms with Crippen molar-refractivity contribution < 1.29 is 14.0 Å². The minimum absolute atomic E-state index is 0.110. The zero-order chi connectivity index (χ0) is 16.2. The first kappa shape index (κ1) is 15.3. The number of benzene rings is 1. The molecule has 2 aromatic rings. The van der Waals surface area contributed by atoms with Gasteiger partial charge in [-0.2, -0.15) is 0 Å². The highest BCUT2D eigenvalue weighted by atomic mass is 16.3. The Bertz CT molecular complexity index is 694. The molecule has 120 valence electrons. The molecule has 23 heavy (non-hydrogen) atoms. The normalized spacial score (nSPS) is 16.7. The van der Waals surface area contributed by atoms with Crippen LogP contribution in [0.4, 0.5) is 0 Å². The average molecular weight is 312 g/mol. The Morgan fingerprint density at radius 2 is 2.00 bits per heavy atom. The van der Waals surface area contributed by atoms with Crippen LogP contribution in [-0.2, 0) is 17.8 Å². The second-order valence-corrected chi connectivity index (χ2v) is 5.69. The van der Waals surface area contributed by atoms with E-state index in [4.69, 9.17) is 4.42 Å². The molecule has 0 radical (unpaired) electrons. The molecular formula is C18H20N2O3. The van der Waals surface area contributed by atoms with E-state index in [0.29, 0.717) is 19.5 Å². The zero-order valence-corrected chi connectivity index (χ0v) is 13.1. The Hall–Kier alpha value is -2.56. The summed E-state index contributed by atoms with van der Waals surface area (Å²) in [6, 6.07) is 10.7. The van der Waals surface area contributed by atoms with Gasteiger partial charge in [-0.15, -0.1) is 0 Å². The third-order valence-corrected chi connectivity index (χ3v) is 4.09. The standard InChI is InChI=1S/C18H20N2O3/c1-2-9-19-17(21)15-11-13-6-3-4-7-14(13)12-20(15)18(22)16-8-5-10-23-16/h3-8,10,15H,2,9,11-12H2,1H3,(H,19,21)/t15-/m1/s1. The first-order valence-corrected chi connectivity index (χ1v) is 7.89. The maximum absolute atomic E-state index is 12.7. The number of carbonyl (C=O) groups is 2. The summed E-state index contributed by atoms with van der Waals surface area (Å²) in [7, 11) is 0. The van der Waals surface area contributed by atoms with Gasteiger partial charge in [-0.1, -0.05) is 31.2 Å². The van der Waals surface area contributed by atoms with E-state index in [9.17, 15) is 9.59 Å². The molecule has 2 amide bonds. The van der Waals surface area contributed by atoms with E-state index < -0.39 is 6.04 Å². The molecule has 0 saturated carbocycles. The van der Waals surface area contributed by atoms with Crippen molar-refractivity contribution in [3.63, 3.8) is 0 Å². The first-order valence-electron chi connectivity index (χ1n) is 7.89. The van der Waals surface area contributed by atoms with E-state index >= 15 is 0 Å². The lowest BCUT2D eigenvalue weighted by Crippen LogP contribution is -2.52. The van der Waals surface area contributed by atoms with E-state index in [1.807, 2.05) is 31.2 Å². The minimum Gasteiger partial charge on any atom is -0.459 e. The summed E-state index contributed by atoms with van der Waals surface area (Å²) in [5, 5.41) is 2.90. The zero-order valence-electron chi connectivity index (χ0n) is 13.1. The van der Waals surface area contributed by atoms with E-state index in [-0.39, 0.29) is 17.6 Å². The molecule has 5 heteroatoms. The van der Waals surface area contributed by atoms with Crippen molar-refractivity contribution in [2.45, 2.75) is 32.4 Å². The molecule has 0 saturated heterocycles. The molecule has 1 atom stereocenters. The molecule has 0 aliphatic carbocycles. The van der Waals surface area contributed by atoms with Crippen LogP contribution in [0.1, 0.15) is 35.0 Å². The summed E-state index contributed by atoms with van der Waals surface area (Å²) in [6.45, 7) is 3.03. The van der Waals surface area contributed by atoms with E-state index in [0.717, 1.165) is 17.5 Å². The number of hydrogen-bond acceptors (Lipinski definition) is 3. The fraction of sp³-hybridized carbons (Fsp3) is 0.333. The summed E-state index contributed by atoms with van der Waals surface area (Å²) >= 11 is 0. The summed E-state index contributed by atoms with van der Waals surface area (Å²) in [5.74, 6) is -0.0971. The van der Waals surface area contributed by atoms with Crippen LogP contribution in [0, 0.1) is 0 Å². The van der Waals surface area contributed by atoms with Gasteiger partial charge in [0.05, 0.1) is 6.26 Å². The lowest BCUT2D eigenvalue weighted by atomic mass is 9.93. The number of fused-ring (bicyclic) bond motifs is 1. The molecule has 1 aromatic heterocycles. The van der Waals surface area contributed by atoms with E-state index in [1.165, 1.54) is 6.26 Å². The second kappa shape index (κ2) is 6.69. The molecule has 1 N–H and O–H groups in total. The van der Waals surface area contributed by atoms with Crippen LogP contribution >= 0.6 is 0 Å². The molecule has 2 heterocycles. The maximum atomic E-state index is 12.7. The van der Waals surface area contributed by atoms with Crippen LogP contribution < -0.4 is 5.32 Å². The lowest BCUT2D eigenvalue weighted by molar-refractivity contribution is -0.126. The third-order valence-electron chi connectivity index (χ3n) is 4.09. The van der Waals surface area contributed by atoms with E-state index in [2.05, 4.69) is 5.32 Å². The minimum atomic E-state index is -0.506. The number of carbonyl (C=O) groups excluding carboxylic acids is 2. The molecule has 3 rings (SSSR count). The molecule has 0 spiro atoms. The van der Waals surface area contributed by atoms with Crippen LogP contribution in [0.15, 0.2) is 47.1 Å². The van der Waals surface area contributed by atoms with Gasteiger partial charge in [-0.25, -0.2) is 0 Å². The van der Waals surface area contributed by atoms with Gasteiger partial charge in [0.25, 0.3) is 5.91 Å². The average Bonchev–Trinajstić information content (AvgIpc) is 3.12. The number of rotatable bonds is 4. The Labute approximate surface area is 135 Å². The Morgan fingerprint density at radius 1 is 1.22 bits per heavy atom. The third kappa shape index (κ3) is 3.13. The first-order chi connectivity index (χ1) is 11.2. The molecule has 1 aromatic carbocycles. The van der Waals surface area contributed by atoms with Crippen LogP contribution in [0.25, 0.3) is 0 Å². The molecular weight excluding hydrogens is 292 g/mol. The highest BCUT2D eigenvalue weighted by Crippen LogP contribution is 2.25. The van der Waals surface area contributed by atoms with Crippen molar-refractivity contribution >= 4 is 11.8 Å². The van der Waals surface area contributed by atoms with Gasteiger partial charge in [0.1, 0.15) is 6.04 Å². The monoisotopic (exact) mass is 312 g/mol. The molecule has 0 fully saturated rings. The summed E-state index contributed by atoms with van der Waals surface area (Å²) in [6.07, 6.45) is 2.86. The van der Waals surface area contributed by atoms with Crippen molar-refractivity contribution in [2.24, 2.45) is 0 Å².